The SMILES string of the molecule is CNCC1OCC(C)C1O. The van der Waals surface area contributed by atoms with Gasteiger partial charge >= 0.3 is 0 Å². The molecule has 1 saturated heterocycles. The van der Waals surface area contributed by atoms with Crippen molar-refractivity contribution in [2.24, 2.45) is 5.92 Å². The van der Waals surface area contributed by atoms with Crippen molar-refractivity contribution < 1.29 is 9.84 Å². The van der Waals surface area contributed by atoms with E-state index < -0.39 is 0 Å². The van der Waals surface area contributed by atoms with E-state index in [1.54, 1.807) is 0 Å². The first-order chi connectivity index (χ1) is 4.75. The fourth-order valence-corrected chi connectivity index (χ4v) is 1.22. The van der Waals surface area contributed by atoms with Crippen LogP contribution in [-0.2, 0) is 4.74 Å². The van der Waals surface area contributed by atoms with Crippen LogP contribution in [-0.4, -0.2) is 37.5 Å². The molecule has 3 atom stereocenters. The van der Waals surface area contributed by atoms with Gasteiger partial charge in [0.05, 0.1) is 18.8 Å². The van der Waals surface area contributed by atoms with Gasteiger partial charge in [-0.1, -0.05) is 6.92 Å². The zero-order chi connectivity index (χ0) is 7.56. The Labute approximate surface area is 61.4 Å². The number of likely N-dealkylation sites (N-methyl/N-ethyl adjacent to an activating group) is 1. The maximum Gasteiger partial charge on any atom is 0.0961 e. The molecule has 0 aromatic rings. The van der Waals surface area contributed by atoms with E-state index in [4.69, 9.17) is 4.74 Å². The minimum atomic E-state index is -0.285. The van der Waals surface area contributed by atoms with Crippen molar-refractivity contribution in [2.75, 3.05) is 20.2 Å². The Morgan fingerprint density at radius 1 is 1.70 bits per heavy atom. The molecule has 0 spiro atoms. The molecule has 0 saturated carbocycles. The van der Waals surface area contributed by atoms with Crippen LogP contribution in [0.1, 0.15) is 6.92 Å². The largest absolute Gasteiger partial charge is 0.390 e. The normalized spacial score (nSPS) is 40.5. The summed E-state index contributed by atoms with van der Waals surface area (Å²) in [5.74, 6) is 0.290. The molecule has 1 heterocycles. The Bertz CT molecular complexity index is 106. The Balaban J connectivity index is 2.33. The third-order valence-electron chi connectivity index (χ3n) is 1.94. The molecule has 1 aliphatic heterocycles. The Hall–Kier alpha value is -0.120. The Kier molecular flexibility index (Phi) is 2.65. The van der Waals surface area contributed by atoms with Gasteiger partial charge in [-0.3, -0.25) is 0 Å². The van der Waals surface area contributed by atoms with Crippen LogP contribution in [0.15, 0.2) is 0 Å². The molecule has 0 aromatic carbocycles. The van der Waals surface area contributed by atoms with E-state index in [2.05, 4.69) is 5.32 Å². The predicted octanol–water partition coefficient (Wildman–Crippen LogP) is -0.398. The zero-order valence-corrected chi connectivity index (χ0v) is 6.50. The van der Waals surface area contributed by atoms with Crippen molar-refractivity contribution in [3.05, 3.63) is 0 Å². The van der Waals surface area contributed by atoms with Crippen LogP contribution in [0, 0.1) is 5.92 Å². The maximum absolute atomic E-state index is 9.42. The van der Waals surface area contributed by atoms with Gasteiger partial charge < -0.3 is 15.2 Å². The molecule has 0 bridgehead atoms. The molecule has 0 radical (unpaired) electrons. The molecule has 60 valence electrons. The summed E-state index contributed by atoms with van der Waals surface area (Å²) >= 11 is 0. The number of rotatable bonds is 2. The van der Waals surface area contributed by atoms with Crippen LogP contribution >= 0.6 is 0 Å². The van der Waals surface area contributed by atoms with Crippen LogP contribution in [0.25, 0.3) is 0 Å². The number of hydrogen-bond acceptors (Lipinski definition) is 3. The summed E-state index contributed by atoms with van der Waals surface area (Å²) in [6, 6.07) is 0. The molecular formula is C7H15NO2. The van der Waals surface area contributed by atoms with Crippen LogP contribution < -0.4 is 5.32 Å². The smallest absolute Gasteiger partial charge is 0.0961 e. The lowest BCUT2D eigenvalue weighted by Gasteiger charge is -2.13. The van der Waals surface area contributed by atoms with Gasteiger partial charge in [-0.25, -0.2) is 0 Å². The minimum absolute atomic E-state index is 0.000000000000000222. The first-order valence-electron chi connectivity index (χ1n) is 3.70. The monoisotopic (exact) mass is 145 g/mol. The van der Waals surface area contributed by atoms with Crippen molar-refractivity contribution in [3.8, 4) is 0 Å². The molecule has 2 N–H and O–H groups in total. The lowest BCUT2D eigenvalue weighted by molar-refractivity contribution is 0.0413. The second kappa shape index (κ2) is 3.32. The summed E-state index contributed by atoms with van der Waals surface area (Å²) in [5.41, 5.74) is 0. The highest BCUT2D eigenvalue weighted by molar-refractivity contribution is 4.81. The van der Waals surface area contributed by atoms with E-state index >= 15 is 0 Å². The second-order valence-corrected chi connectivity index (χ2v) is 2.90. The lowest BCUT2D eigenvalue weighted by Crippen LogP contribution is -2.33. The molecular weight excluding hydrogens is 130 g/mol. The summed E-state index contributed by atoms with van der Waals surface area (Å²) in [6.45, 7) is 3.43. The van der Waals surface area contributed by atoms with Gasteiger partial charge in [0.25, 0.3) is 0 Å². The highest BCUT2D eigenvalue weighted by atomic mass is 16.5. The fourth-order valence-electron chi connectivity index (χ4n) is 1.22. The van der Waals surface area contributed by atoms with Crippen LogP contribution in [0.3, 0.4) is 0 Å². The maximum atomic E-state index is 9.42. The lowest BCUT2D eigenvalue weighted by atomic mass is 10.0. The van der Waals surface area contributed by atoms with E-state index in [1.165, 1.54) is 0 Å². The van der Waals surface area contributed by atoms with Crippen molar-refractivity contribution >= 4 is 0 Å². The van der Waals surface area contributed by atoms with Gasteiger partial charge in [0, 0.05) is 12.5 Å². The van der Waals surface area contributed by atoms with Crippen LogP contribution in [0.2, 0.25) is 0 Å². The highest BCUT2D eigenvalue weighted by Gasteiger charge is 2.31. The summed E-state index contributed by atoms with van der Waals surface area (Å²) in [6.07, 6.45) is -0.285. The number of aliphatic hydroxyl groups is 1. The topological polar surface area (TPSA) is 41.5 Å². The third kappa shape index (κ3) is 1.48. The van der Waals surface area contributed by atoms with Gasteiger partial charge in [0.1, 0.15) is 0 Å². The average molecular weight is 145 g/mol. The molecule has 0 aliphatic carbocycles. The molecule has 1 rings (SSSR count). The van der Waals surface area contributed by atoms with E-state index in [0.29, 0.717) is 12.5 Å². The van der Waals surface area contributed by atoms with Crippen molar-refractivity contribution in [1.29, 1.82) is 0 Å². The molecule has 0 amide bonds. The first kappa shape index (κ1) is 7.98. The predicted molar refractivity (Wildman–Crippen MR) is 38.8 cm³/mol. The molecule has 0 aromatic heterocycles. The fraction of sp³-hybridized carbons (Fsp3) is 1.00. The van der Waals surface area contributed by atoms with Gasteiger partial charge in [0.2, 0.25) is 0 Å². The van der Waals surface area contributed by atoms with E-state index in [1.807, 2.05) is 14.0 Å². The van der Waals surface area contributed by atoms with Crippen LogP contribution in [0.4, 0.5) is 0 Å². The van der Waals surface area contributed by atoms with E-state index in [0.717, 1.165) is 6.54 Å². The molecule has 3 nitrogen and oxygen atoms in total. The summed E-state index contributed by atoms with van der Waals surface area (Å²) < 4.78 is 5.31. The van der Waals surface area contributed by atoms with Gasteiger partial charge in [-0.05, 0) is 7.05 Å². The molecule has 10 heavy (non-hydrogen) atoms. The molecule has 1 aliphatic rings. The molecule has 1 fully saturated rings. The zero-order valence-electron chi connectivity index (χ0n) is 6.50. The van der Waals surface area contributed by atoms with E-state index in [-0.39, 0.29) is 12.2 Å². The summed E-state index contributed by atoms with van der Waals surface area (Å²) in [4.78, 5) is 0. The third-order valence-corrected chi connectivity index (χ3v) is 1.94. The average Bonchev–Trinajstić information content (AvgIpc) is 2.20. The minimum Gasteiger partial charge on any atom is -0.390 e. The molecule has 3 heteroatoms. The summed E-state index contributed by atoms with van der Waals surface area (Å²) in [7, 11) is 1.86. The van der Waals surface area contributed by atoms with Crippen molar-refractivity contribution in [2.45, 2.75) is 19.1 Å². The number of aliphatic hydroxyl groups excluding tert-OH is 1. The van der Waals surface area contributed by atoms with Gasteiger partial charge in [0.15, 0.2) is 0 Å². The number of ether oxygens (including phenoxy) is 1. The highest BCUT2D eigenvalue weighted by Crippen LogP contribution is 2.18. The van der Waals surface area contributed by atoms with Gasteiger partial charge in [-0.15, -0.1) is 0 Å². The summed E-state index contributed by atoms with van der Waals surface area (Å²) in [5, 5.41) is 12.4. The Morgan fingerprint density at radius 2 is 2.40 bits per heavy atom. The number of nitrogens with one attached hydrogen (secondary N) is 1. The van der Waals surface area contributed by atoms with Gasteiger partial charge in [-0.2, -0.15) is 0 Å². The Morgan fingerprint density at radius 3 is 2.80 bits per heavy atom. The molecule has 3 unspecified atom stereocenters. The number of hydrogen-bond donors (Lipinski definition) is 2. The van der Waals surface area contributed by atoms with Crippen molar-refractivity contribution in [1.82, 2.24) is 5.32 Å². The first-order valence-corrected chi connectivity index (χ1v) is 3.70. The quantitative estimate of drug-likeness (QED) is 0.555. The second-order valence-electron chi connectivity index (χ2n) is 2.90. The van der Waals surface area contributed by atoms with Crippen molar-refractivity contribution in [3.63, 3.8) is 0 Å². The van der Waals surface area contributed by atoms with Crippen LogP contribution in [0.5, 0.6) is 0 Å². The van der Waals surface area contributed by atoms with E-state index in [9.17, 15) is 5.11 Å². The standard InChI is InChI=1S/C7H15NO2/c1-5-4-10-6(3-8-2)7(5)9/h5-9H,3-4H2,1-2H3.